The fraction of sp³-hybridized carbons (Fsp3) is 0.733. The summed E-state index contributed by atoms with van der Waals surface area (Å²) in [5.41, 5.74) is 0. The fourth-order valence-corrected chi connectivity index (χ4v) is 5.07. The normalized spacial score (nSPS) is 14.0. The molecular formula is C15H28N2O2S2. The maximum atomic E-state index is 12.6. The van der Waals surface area contributed by atoms with Crippen LogP contribution in [0.2, 0.25) is 0 Å². The van der Waals surface area contributed by atoms with Crippen molar-refractivity contribution in [2.45, 2.75) is 57.3 Å². The van der Waals surface area contributed by atoms with Gasteiger partial charge in [-0.15, -0.1) is 11.3 Å². The topological polar surface area (TPSA) is 49.4 Å². The highest BCUT2D eigenvalue weighted by Crippen LogP contribution is 2.26. The van der Waals surface area contributed by atoms with Crippen molar-refractivity contribution in [1.29, 1.82) is 0 Å². The molecule has 0 aromatic carbocycles. The number of nitrogens with one attached hydrogen (secondary N) is 1. The molecule has 4 nitrogen and oxygen atoms in total. The molecule has 0 saturated heterocycles. The average Bonchev–Trinajstić information content (AvgIpc) is 2.86. The van der Waals surface area contributed by atoms with E-state index >= 15 is 0 Å². The highest BCUT2D eigenvalue weighted by molar-refractivity contribution is 7.91. The Labute approximate surface area is 133 Å². The third kappa shape index (κ3) is 5.36. The summed E-state index contributed by atoms with van der Waals surface area (Å²) in [6.07, 6.45) is 1.94. The molecule has 6 heteroatoms. The van der Waals surface area contributed by atoms with Crippen molar-refractivity contribution in [1.82, 2.24) is 9.62 Å². The SMILES string of the molecule is CCCNCc1ccc(S(=O)(=O)N(C)C(C)CC(C)C)s1. The van der Waals surface area contributed by atoms with Crippen LogP contribution in [0.1, 0.15) is 45.4 Å². The summed E-state index contributed by atoms with van der Waals surface area (Å²) in [4.78, 5) is 1.06. The Bertz CT molecular complexity index is 524. The molecule has 1 aromatic heterocycles. The highest BCUT2D eigenvalue weighted by Gasteiger charge is 2.27. The maximum Gasteiger partial charge on any atom is 0.252 e. The Morgan fingerprint density at radius 3 is 2.52 bits per heavy atom. The number of hydrogen-bond acceptors (Lipinski definition) is 4. The molecule has 1 unspecified atom stereocenters. The molecule has 0 saturated carbocycles. The zero-order chi connectivity index (χ0) is 16.0. The molecule has 0 amide bonds. The molecule has 0 fully saturated rings. The Morgan fingerprint density at radius 2 is 1.95 bits per heavy atom. The van der Waals surface area contributed by atoms with Gasteiger partial charge in [0.1, 0.15) is 4.21 Å². The quantitative estimate of drug-likeness (QED) is 0.706. The summed E-state index contributed by atoms with van der Waals surface area (Å²) in [6.45, 7) is 9.99. The van der Waals surface area contributed by atoms with E-state index in [2.05, 4.69) is 26.1 Å². The lowest BCUT2D eigenvalue weighted by molar-refractivity contribution is 0.338. The first-order valence-corrected chi connectivity index (χ1v) is 9.82. The van der Waals surface area contributed by atoms with Gasteiger partial charge in [0.15, 0.2) is 0 Å². The molecule has 0 radical (unpaired) electrons. The van der Waals surface area contributed by atoms with Crippen LogP contribution in [0.15, 0.2) is 16.3 Å². The van der Waals surface area contributed by atoms with Crippen LogP contribution < -0.4 is 5.32 Å². The van der Waals surface area contributed by atoms with Gasteiger partial charge in [-0.05, 0) is 44.4 Å². The molecule has 0 aliphatic heterocycles. The van der Waals surface area contributed by atoms with Crippen molar-refractivity contribution in [3.8, 4) is 0 Å². The molecule has 122 valence electrons. The van der Waals surface area contributed by atoms with E-state index in [0.29, 0.717) is 10.1 Å². The van der Waals surface area contributed by atoms with Gasteiger partial charge in [0.2, 0.25) is 0 Å². The molecule has 21 heavy (non-hydrogen) atoms. The van der Waals surface area contributed by atoms with Gasteiger partial charge >= 0.3 is 0 Å². The van der Waals surface area contributed by atoms with Gasteiger partial charge in [-0.25, -0.2) is 8.42 Å². The Hall–Kier alpha value is -0.430. The highest BCUT2D eigenvalue weighted by atomic mass is 32.2. The second-order valence-corrected chi connectivity index (χ2v) is 9.29. The molecule has 0 spiro atoms. The van der Waals surface area contributed by atoms with E-state index in [1.165, 1.54) is 15.6 Å². The number of sulfonamides is 1. The lowest BCUT2D eigenvalue weighted by atomic mass is 10.1. The number of nitrogens with zero attached hydrogens (tertiary/aromatic N) is 1. The molecule has 1 rings (SSSR count). The maximum absolute atomic E-state index is 12.6. The molecule has 0 aliphatic carbocycles. The van der Waals surface area contributed by atoms with Crippen LogP contribution in [-0.2, 0) is 16.6 Å². The summed E-state index contributed by atoms with van der Waals surface area (Å²) >= 11 is 1.36. The first-order chi connectivity index (χ1) is 9.78. The zero-order valence-electron chi connectivity index (χ0n) is 13.7. The summed E-state index contributed by atoms with van der Waals surface area (Å²) in [5, 5.41) is 3.30. The first-order valence-electron chi connectivity index (χ1n) is 7.56. The molecular weight excluding hydrogens is 304 g/mol. The van der Waals surface area contributed by atoms with Crippen LogP contribution in [0.25, 0.3) is 0 Å². The van der Waals surface area contributed by atoms with Crippen LogP contribution in [0.3, 0.4) is 0 Å². The van der Waals surface area contributed by atoms with Crippen molar-refractivity contribution in [3.05, 3.63) is 17.0 Å². The number of rotatable bonds is 9. The van der Waals surface area contributed by atoms with Crippen molar-refractivity contribution in [3.63, 3.8) is 0 Å². The zero-order valence-corrected chi connectivity index (χ0v) is 15.4. The van der Waals surface area contributed by atoms with Gasteiger partial charge in [-0.3, -0.25) is 0 Å². The van der Waals surface area contributed by atoms with E-state index in [4.69, 9.17) is 0 Å². The molecule has 1 aromatic rings. The molecule has 1 heterocycles. The lowest BCUT2D eigenvalue weighted by Crippen LogP contribution is -2.35. The van der Waals surface area contributed by atoms with Crippen molar-refractivity contribution < 1.29 is 8.42 Å². The van der Waals surface area contributed by atoms with Crippen LogP contribution in [0, 0.1) is 5.92 Å². The monoisotopic (exact) mass is 332 g/mol. The van der Waals surface area contributed by atoms with E-state index in [1.54, 1.807) is 13.1 Å². The minimum atomic E-state index is -3.37. The minimum Gasteiger partial charge on any atom is -0.312 e. The second kappa shape index (κ2) is 8.27. The van der Waals surface area contributed by atoms with Crippen LogP contribution in [0.5, 0.6) is 0 Å². The van der Waals surface area contributed by atoms with Crippen molar-refractivity contribution in [2.24, 2.45) is 5.92 Å². The van der Waals surface area contributed by atoms with Crippen LogP contribution >= 0.6 is 11.3 Å². The van der Waals surface area contributed by atoms with Crippen LogP contribution in [-0.4, -0.2) is 32.4 Å². The van der Waals surface area contributed by atoms with E-state index in [1.807, 2.05) is 13.0 Å². The van der Waals surface area contributed by atoms with Gasteiger partial charge in [0.25, 0.3) is 10.0 Å². The Balaban J connectivity index is 2.78. The summed E-state index contributed by atoms with van der Waals surface area (Å²) in [6, 6.07) is 3.64. The second-order valence-electron chi connectivity index (χ2n) is 5.90. The molecule has 1 N–H and O–H groups in total. The summed E-state index contributed by atoms with van der Waals surface area (Å²) < 4.78 is 27.2. The van der Waals surface area contributed by atoms with E-state index in [-0.39, 0.29) is 6.04 Å². The molecule has 0 aliphatic rings. The smallest absolute Gasteiger partial charge is 0.252 e. The minimum absolute atomic E-state index is 0.0127. The van der Waals surface area contributed by atoms with Gasteiger partial charge < -0.3 is 5.32 Å². The third-order valence-electron chi connectivity index (χ3n) is 3.43. The van der Waals surface area contributed by atoms with Crippen molar-refractivity contribution in [2.75, 3.05) is 13.6 Å². The first kappa shape index (κ1) is 18.6. The fourth-order valence-electron chi connectivity index (χ4n) is 2.19. The van der Waals surface area contributed by atoms with Gasteiger partial charge in [0, 0.05) is 24.5 Å². The van der Waals surface area contributed by atoms with E-state index in [0.717, 1.165) is 30.8 Å². The lowest BCUT2D eigenvalue weighted by Gasteiger charge is -2.24. The Morgan fingerprint density at radius 1 is 1.29 bits per heavy atom. The molecule has 0 bridgehead atoms. The van der Waals surface area contributed by atoms with E-state index < -0.39 is 10.0 Å². The standard InChI is InChI=1S/C15H28N2O2S2/c1-6-9-16-11-14-7-8-15(20-14)21(18,19)17(5)13(4)10-12(2)3/h7-8,12-13,16H,6,9-11H2,1-5H3. The van der Waals surface area contributed by atoms with Gasteiger partial charge in [-0.2, -0.15) is 4.31 Å². The average molecular weight is 333 g/mol. The van der Waals surface area contributed by atoms with E-state index in [9.17, 15) is 8.42 Å². The number of hydrogen-bond donors (Lipinski definition) is 1. The largest absolute Gasteiger partial charge is 0.312 e. The predicted molar refractivity (Wildman–Crippen MR) is 90.2 cm³/mol. The number of thiophene rings is 1. The van der Waals surface area contributed by atoms with Gasteiger partial charge in [-0.1, -0.05) is 20.8 Å². The Kier molecular flexibility index (Phi) is 7.33. The summed E-state index contributed by atoms with van der Waals surface area (Å²) in [5.74, 6) is 0.481. The third-order valence-corrected chi connectivity index (χ3v) is 6.95. The van der Waals surface area contributed by atoms with Crippen LogP contribution in [0.4, 0.5) is 0 Å². The van der Waals surface area contributed by atoms with Crippen molar-refractivity contribution >= 4 is 21.4 Å². The predicted octanol–water partition coefficient (Wildman–Crippen LogP) is 3.30. The van der Waals surface area contributed by atoms with Gasteiger partial charge in [0.05, 0.1) is 0 Å². The molecule has 1 atom stereocenters. The summed E-state index contributed by atoms with van der Waals surface area (Å²) in [7, 11) is -1.69.